The van der Waals surface area contributed by atoms with Crippen LogP contribution in [0.2, 0.25) is 0 Å². The highest BCUT2D eigenvalue weighted by molar-refractivity contribution is 5.76. The molecule has 0 aliphatic carbocycles. The number of esters is 1. The summed E-state index contributed by atoms with van der Waals surface area (Å²) < 4.78 is 5.15. The Morgan fingerprint density at radius 1 is 1.59 bits per heavy atom. The number of hydrogen-bond acceptors (Lipinski definition) is 2. The molecule has 0 aromatic carbocycles. The minimum Gasteiger partial charge on any atom is -0.465 e. The van der Waals surface area contributed by atoms with Gasteiger partial charge in [0, 0.05) is 5.92 Å². The van der Waals surface area contributed by atoms with Crippen LogP contribution in [0, 0.1) is 17.3 Å². The summed E-state index contributed by atoms with van der Waals surface area (Å²) in [5, 5.41) is 0. The monoisotopic (exact) mass is 236 g/mol. The van der Waals surface area contributed by atoms with E-state index >= 15 is 0 Å². The number of hydrogen-bond donors (Lipinski definition) is 0. The van der Waals surface area contributed by atoms with Gasteiger partial charge in [-0.3, -0.25) is 4.79 Å². The van der Waals surface area contributed by atoms with Gasteiger partial charge in [-0.25, -0.2) is 0 Å². The average molecular weight is 236 g/mol. The summed E-state index contributed by atoms with van der Waals surface area (Å²) in [6, 6.07) is 0. The molecule has 0 saturated carbocycles. The Balaban J connectivity index is 2.76. The van der Waals surface area contributed by atoms with E-state index < -0.39 is 0 Å². The second-order valence-corrected chi connectivity index (χ2v) is 5.62. The van der Waals surface area contributed by atoms with Gasteiger partial charge in [0.05, 0.1) is 12.5 Å². The predicted octanol–water partition coefficient (Wildman–Crippen LogP) is 3.73. The molecular weight excluding hydrogens is 212 g/mol. The van der Waals surface area contributed by atoms with Gasteiger partial charge in [0.25, 0.3) is 0 Å². The Morgan fingerprint density at radius 3 is 2.65 bits per heavy atom. The van der Waals surface area contributed by atoms with Gasteiger partial charge in [0.1, 0.15) is 0 Å². The first-order valence-corrected chi connectivity index (χ1v) is 6.34. The molecule has 1 rings (SSSR count). The lowest BCUT2D eigenvalue weighted by atomic mass is 9.69. The van der Waals surface area contributed by atoms with Crippen molar-refractivity contribution in [2.75, 3.05) is 6.61 Å². The largest absolute Gasteiger partial charge is 0.465 e. The average Bonchev–Trinajstić information content (AvgIpc) is 2.58. The van der Waals surface area contributed by atoms with E-state index in [-0.39, 0.29) is 23.2 Å². The molecule has 2 heteroatoms. The van der Waals surface area contributed by atoms with Gasteiger partial charge in [-0.2, -0.15) is 0 Å². The van der Waals surface area contributed by atoms with Crippen molar-refractivity contribution in [1.29, 1.82) is 0 Å². The van der Waals surface area contributed by atoms with Gasteiger partial charge in [-0.15, -0.1) is 6.58 Å². The van der Waals surface area contributed by atoms with Gasteiger partial charge in [-0.05, 0) is 32.1 Å². The summed E-state index contributed by atoms with van der Waals surface area (Å²) in [5.74, 6) is 0.194. The summed E-state index contributed by atoms with van der Waals surface area (Å²) in [4.78, 5) is 11.8. The maximum atomic E-state index is 11.8. The van der Waals surface area contributed by atoms with E-state index in [0.717, 1.165) is 12.8 Å². The van der Waals surface area contributed by atoms with Gasteiger partial charge in [0.2, 0.25) is 0 Å². The molecule has 2 nitrogen and oxygen atoms in total. The lowest BCUT2D eigenvalue weighted by molar-refractivity contribution is -0.143. The first-order chi connectivity index (χ1) is 7.90. The minimum absolute atomic E-state index is 0.0365. The number of allylic oxidation sites excluding steroid dienone is 3. The Labute approximate surface area is 105 Å². The summed E-state index contributed by atoms with van der Waals surface area (Å²) >= 11 is 0. The smallest absolute Gasteiger partial charge is 0.310 e. The van der Waals surface area contributed by atoms with Crippen LogP contribution in [-0.2, 0) is 9.53 Å². The maximum absolute atomic E-state index is 11.8. The van der Waals surface area contributed by atoms with Crippen molar-refractivity contribution in [2.24, 2.45) is 17.3 Å². The molecular formula is C15H24O2. The predicted molar refractivity (Wildman–Crippen MR) is 70.6 cm³/mol. The highest BCUT2D eigenvalue weighted by atomic mass is 16.5. The highest BCUT2D eigenvalue weighted by Crippen LogP contribution is 2.42. The van der Waals surface area contributed by atoms with Crippen molar-refractivity contribution >= 4 is 5.97 Å². The molecule has 1 aliphatic rings. The number of rotatable bonds is 5. The lowest BCUT2D eigenvalue weighted by Gasteiger charge is -2.32. The van der Waals surface area contributed by atoms with E-state index in [0.29, 0.717) is 6.61 Å². The molecule has 0 aromatic heterocycles. The van der Waals surface area contributed by atoms with Crippen LogP contribution in [0.3, 0.4) is 0 Å². The van der Waals surface area contributed by atoms with Gasteiger partial charge >= 0.3 is 5.97 Å². The van der Waals surface area contributed by atoms with Crippen molar-refractivity contribution in [2.45, 2.75) is 40.5 Å². The van der Waals surface area contributed by atoms with Crippen LogP contribution in [0.15, 0.2) is 24.3 Å². The topological polar surface area (TPSA) is 26.3 Å². The van der Waals surface area contributed by atoms with Crippen LogP contribution in [0.1, 0.15) is 40.5 Å². The maximum Gasteiger partial charge on any atom is 0.310 e. The molecule has 1 saturated heterocycles. The molecule has 96 valence electrons. The standard InChI is InChI=1S/C15H24O2/c1-6-15(5,9-7-8-11(2)3)13-12(4)10-17-14(13)16/h6,8,12-13H,1,7,9-10H2,2-5H3/t12-,13+,15+/m1/s1. The van der Waals surface area contributed by atoms with Gasteiger partial charge < -0.3 is 4.74 Å². The Bertz CT molecular complexity index is 326. The SMILES string of the molecule is C=C[C@@](C)(CCC=C(C)C)[C@@H]1C(=O)OC[C@H]1C. The van der Waals surface area contributed by atoms with E-state index in [1.807, 2.05) is 6.08 Å². The molecule has 0 spiro atoms. The fourth-order valence-corrected chi connectivity index (χ4v) is 2.61. The zero-order valence-corrected chi connectivity index (χ0v) is 11.5. The molecule has 0 unspecified atom stereocenters. The zero-order valence-electron chi connectivity index (χ0n) is 11.5. The quantitative estimate of drug-likeness (QED) is 0.537. The van der Waals surface area contributed by atoms with Crippen LogP contribution in [0.25, 0.3) is 0 Å². The van der Waals surface area contributed by atoms with Crippen molar-refractivity contribution in [3.05, 3.63) is 24.3 Å². The molecule has 1 fully saturated rings. The van der Waals surface area contributed by atoms with E-state index in [9.17, 15) is 4.79 Å². The van der Waals surface area contributed by atoms with Crippen molar-refractivity contribution < 1.29 is 9.53 Å². The van der Waals surface area contributed by atoms with Crippen molar-refractivity contribution in [3.63, 3.8) is 0 Å². The molecule has 1 heterocycles. The second-order valence-electron chi connectivity index (χ2n) is 5.62. The van der Waals surface area contributed by atoms with Gasteiger partial charge in [0.15, 0.2) is 0 Å². The molecule has 0 N–H and O–H groups in total. The van der Waals surface area contributed by atoms with E-state index in [2.05, 4.69) is 40.3 Å². The Kier molecular flexibility index (Phi) is 4.55. The fraction of sp³-hybridized carbons (Fsp3) is 0.667. The van der Waals surface area contributed by atoms with Crippen LogP contribution in [0.4, 0.5) is 0 Å². The van der Waals surface area contributed by atoms with Crippen LogP contribution >= 0.6 is 0 Å². The summed E-state index contributed by atoms with van der Waals surface area (Å²) in [6.45, 7) is 12.9. The molecule has 0 aromatic rings. The van der Waals surface area contributed by atoms with Crippen LogP contribution < -0.4 is 0 Å². The van der Waals surface area contributed by atoms with E-state index in [1.165, 1.54) is 5.57 Å². The first kappa shape index (κ1) is 14.0. The summed E-state index contributed by atoms with van der Waals surface area (Å²) in [7, 11) is 0. The molecule has 0 bridgehead atoms. The van der Waals surface area contributed by atoms with Crippen molar-refractivity contribution in [1.82, 2.24) is 0 Å². The van der Waals surface area contributed by atoms with E-state index in [1.54, 1.807) is 0 Å². The third kappa shape index (κ3) is 3.21. The molecule has 0 radical (unpaired) electrons. The van der Waals surface area contributed by atoms with E-state index in [4.69, 9.17) is 4.74 Å². The van der Waals surface area contributed by atoms with Crippen LogP contribution in [0.5, 0.6) is 0 Å². The number of carbonyl (C=O) groups excluding carboxylic acids is 1. The normalized spacial score (nSPS) is 27.2. The Hall–Kier alpha value is -1.05. The highest BCUT2D eigenvalue weighted by Gasteiger charge is 2.45. The minimum atomic E-state index is -0.154. The van der Waals surface area contributed by atoms with Crippen LogP contribution in [-0.4, -0.2) is 12.6 Å². The summed E-state index contributed by atoms with van der Waals surface area (Å²) in [6.07, 6.45) is 6.08. The number of cyclic esters (lactones) is 1. The molecule has 0 amide bonds. The summed E-state index contributed by atoms with van der Waals surface area (Å²) in [5.41, 5.74) is 1.16. The second kappa shape index (κ2) is 5.52. The third-order valence-electron chi connectivity index (χ3n) is 3.72. The lowest BCUT2D eigenvalue weighted by Crippen LogP contribution is -2.32. The fourth-order valence-electron chi connectivity index (χ4n) is 2.61. The molecule has 3 atom stereocenters. The number of ether oxygens (including phenoxy) is 1. The zero-order chi connectivity index (χ0) is 13.1. The Morgan fingerprint density at radius 2 is 2.24 bits per heavy atom. The number of carbonyl (C=O) groups is 1. The molecule has 1 aliphatic heterocycles. The molecule has 17 heavy (non-hydrogen) atoms. The van der Waals surface area contributed by atoms with Gasteiger partial charge in [-0.1, -0.05) is 31.6 Å². The first-order valence-electron chi connectivity index (χ1n) is 6.34. The third-order valence-corrected chi connectivity index (χ3v) is 3.72. The van der Waals surface area contributed by atoms with Crippen molar-refractivity contribution in [3.8, 4) is 0 Å².